The molecule has 3 rings (SSSR count). The van der Waals surface area contributed by atoms with Gasteiger partial charge in [0.25, 0.3) is 5.91 Å². The number of carbonyl (C=O) groups excluding carboxylic acids is 2. The number of amides is 2. The van der Waals surface area contributed by atoms with E-state index >= 15 is 0 Å². The standard InChI is InChI=1S/C21H31N3O3/c1-3-27-18-9-5-4-8-17(18)20(26)22-15-21(11-6-7-12-21)23-19(25)16-10-13-24(2)14-16/h4-5,8-9,16H,3,6-7,10-15H2,1-2H3,(H,22,26)(H,23,25). The number of hydrogen-bond acceptors (Lipinski definition) is 4. The van der Waals surface area contributed by atoms with Crippen molar-refractivity contribution in [2.45, 2.75) is 44.6 Å². The molecule has 1 unspecified atom stereocenters. The fraction of sp³-hybridized carbons (Fsp3) is 0.619. The molecule has 2 N–H and O–H groups in total. The molecule has 6 heteroatoms. The van der Waals surface area contributed by atoms with E-state index in [4.69, 9.17) is 4.74 Å². The Morgan fingerprint density at radius 2 is 2.00 bits per heavy atom. The van der Waals surface area contributed by atoms with Crippen LogP contribution >= 0.6 is 0 Å². The molecule has 1 saturated carbocycles. The van der Waals surface area contributed by atoms with Gasteiger partial charge in [0.2, 0.25) is 5.91 Å². The van der Waals surface area contributed by atoms with E-state index in [9.17, 15) is 9.59 Å². The summed E-state index contributed by atoms with van der Waals surface area (Å²) in [5.74, 6) is 0.628. The number of carbonyl (C=O) groups is 2. The molecule has 6 nitrogen and oxygen atoms in total. The van der Waals surface area contributed by atoms with Gasteiger partial charge in [-0.05, 0) is 51.9 Å². The highest BCUT2D eigenvalue weighted by molar-refractivity contribution is 5.97. The highest BCUT2D eigenvalue weighted by atomic mass is 16.5. The molecule has 27 heavy (non-hydrogen) atoms. The highest BCUT2D eigenvalue weighted by Gasteiger charge is 2.38. The summed E-state index contributed by atoms with van der Waals surface area (Å²) < 4.78 is 5.56. The molecule has 2 aliphatic rings. The Kier molecular flexibility index (Phi) is 6.37. The topological polar surface area (TPSA) is 70.7 Å². The van der Waals surface area contributed by atoms with Gasteiger partial charge in [-0.3, -0.25) is 9.59 Å². The quantitative estimate of drug-likeness (QED) is 0.769. The molecule has 1 aliphatic carbocycles. The number of nitrogens with one attached hydrogen (secondary N) is 2. The lowest BCUT2D eigenvalue weighted by atomic mass is 9.95. The van der Waals surface area contributed by atoms with Gasteiger partial charge in [-0.2, -0.15) is 0 Å². The molecule has 1 aliphatic heterocycles. The summed E-state index contributed by atoms with van der Waals surface area (Å²) in [7, 11) is 2.05. The summed E-state index contributed by atoms with van der Waals surface area (Å²) in [6.07, 6.45) is 4.89. The Labute approximate surface area is 161 Å². The smallest absolute Gasteiger partial charge is 0.255 e. The SMILES string of the molecule is CCOc1ccccc1C(=O)NCC1(NC(=O)C2CCN(C)C2)CCCC1. The van der Waals surface area contributed by atoms with E-state index in [0.717, 1.165) is 45.2 Å². The van der Waals surface area contributed by atoms with Gasteiger partial charge < -0.3 is 20.3 Å². The van der Waals surface area contributed by atoms with Crippen molar-refractivity contribution in [3.63, 3.8) is 0 Å². The van der Waals surface area contributed by atoms with Crippen LogP contribution in [0.4, 0.5) is 0 Å². The summed E-state index contributed by atoms with van der Waals surface area (Å²) in [5.41, 5.74) is 0.213. The lowest BCUT2D eigenvalue weighted by molar-refractivity contribution is -0.126. The number of likely N-dealkylation sites (tertiary alicyclic amines) is 1. The van der Waals surface area contributed by atoms with Crippen molar-refractivity contribution in [1.82, 2.24) is 15.5 Å². The van der Waals surface area contributed by atoms with Crippen LogP contribution in [-0.4, -0.2) is 55.5 Å². The molecular formula is C21H31N3O3. The Morgan fingerprint density at radius 3 is 2.67 bits per heavy atom. The van der Waals surface area contributed by atoms with Crippen molar-refractivity contribution in [1.29, 1.82) is 0 Å². The van der Waals surface area contributed by atoms with E-state index in [2.05, 4.69) is 22.6 Å². The van der Waals surface area contributed by atoms with Crippen molar-refractivity contribution in [2.24, 2.45) is 5.92 Å². The minimum atomic E-state index is -0.325. The zero-order valence-corrected chi connectivity index (χ0v) is 16.4. The van der Waals surface area contributed by atoms with Crippen molar-refractivity contribution in [3.05, 3.63) is 29.8 Å². The van der Waals surface area contributed by atoms with Gasteiger partial charge in [-0.15, -0.1) is 0 Å². The fourth-order valence-corrected chi connectivity index (χ4v) is 4.19. The predicted molar refractivity (Wildman–Crippen MR) is 105 cm³/mol. The first-order valence-corrected chi connectivity index (χ1v) is 10.0. The number of benzene rings is 1. The van der Waals surface area contributed by atoms with Crippen LogP contribution in [0.3, 0.4) is 0 Å². The maximum absolute atomic E-state index is 12.7. The molecule has 0 aromatic heterocycles. The molecule has 0 bridgehead atoms. The molecule has 1 atom stereocenters. The number of nitrogens with zero attached hydrogens (tertiary/aromatic N) is 1. The highest BCUT2D eigenvalue weighted by Crippen LogP contribution is 2.30. The molecule has 2 amide bonds. The fourth-order valence-electron chi connectivity index (χ4n) is 4.19. The first-order chi connectivity index (χ1) is 13.0. The number of hydrogen-bond donors (Lipinski definition) is 2. The lowest BCUT2D eigenvalue weighted by Gasteiger charge is -2.32. The number of para-hydroxylation sites is 1. The Bertz CT molecular complexity index is 670. The van der Waals surface area contributed by atoms with Crippen molar-refractivity contribution in [2.75, 3.05) is 33.3 Å². The van der Waals surface area contributed by atoms with Crippen LogP contribution in [0.15, 0.2) is 24.3 Å². The molecule has 0 spiro atoms. The Balaban J connectivity index is 1.63. The lowest BCUT2D eigenvalue weighted by Crippen LogP contribution is -2.55. The normalized spacial score (nSPS) is 21.8. The van der Waals surface area contributed by atoms with Crippen LogP contribution in [0.2, 0.25) is 0 Å². The van der Waals surface area contributed by atoms with Crippen LogP contribution in [0.5, 0.6) is 5.75 Å². The third-order valence-corrected chi connectivity index (χ3v) is 5.73. The third kappa shape index (κ3) is 4.80. The molecular weight excluding hydrogens is 342 g/mol. The first-order valence-electron chi connectivity index (χ1n) is 10.0. The maximum atomic E-state index is 12.7. The van der Waals surface area contributed by atoms with Crippen molar-refractivity contribution < 1.29 is 14.3 Å². The van der Waals surface area contributed by atoms with Crippen LogP contribution in [0.25, 0.3) is 0 Å². The van der Waals surface area contributed by atoms with Gasteiger partial charge in [-0.1, -0.05) is 25.0 Å². The summed E-state index contributed by atoms with van der Waals surface area (Å²) in [6, 6.07) is 7.27. The minimum absolute atomic E-state index is 0.0573. The summed E-state index contributed by atoms with van der Waals surface area (Å²) in [6.45, 7) is 4.66. The van der Waals surface area contributed by atoms with Crippen LogP contribution in [0.1, 0.15) is 49.4 Å². The predicted octanol–water partition coefficient (Wildman–Crippen LogP) is 2.20. The van der Waals surface area contributed by atoms with Gasteiger partial charge in [-0.25, -0.2) is 0 Å². The summed E-state index contributed by atoms with van der Waals surface area (Å²) in [5, 5.41) is 6.33. The van der Waals surface area contributed by atoms with Crippen LogP contribution < -0.4 is 15.4 Å². The Hall–Kier alpha value is -2.08. The summed E-state index contributed by atoms with van der Waals surface area (Å²) in [4.78, 5) is 27.6. The van der Waals surface area contributed by atoms with Gasteiger partial charge in [0.05, 0.1) is 23.6 Å². The van der Waals surface area contributed by atoms with Crippen molar-refractivity contribution >= 4 is 11.8 Å². The van der Waals surface area contributed by atoms with E-state index in [1.807, 2.05) is 25.1 Å². The van der Waals surface area contributed by atoms with Crippen molar-refractivity contribution in [3.8, 4) is 5.75 Å². The molecule has 1 aromatic rings. The second kappa shape index (κ2) is 8.74. The number of ether oxygens (including phenoxy) is 1. The maximum Gasteiger partial charge on any atom is 0.255 e. The molecule has 0 radical (unpaired) electrons. The Morgan fingerprint density at radius 1 is 1.26 bits per heavy atom. The van der Waals surface area contributed by atoms with E-state index in [0.29, 0.717) is 24.5 Å². The number of rotatable bonds is 7. The zero-order valence-electron chi connectivity index (χ0n) is 16.4. The second-order valence-electron chi connectivity index (χ2n) is 7.84. The van der Waals surface area contributed by atoms with Gasteiger partial charge in [0, 0.05) is 13.1 Å². The molecule has 1 aromatic carbocycles. The second-order valence-corrected chi connectivity index (χ2v) is 7.84. The van der Waals surface area contributed by atoms with E-state index in [1.165, 1.54) is 0 Å². The molecule has 2 fully saturated rings. The average molecular weight is 373 g/mol. The van der Waals surface area contributed by atoms with Gasteiger partial charge in [0.15, 0.2) is 0 Å². The summed E-state index contributed by atoms with van der Waals surface area (Å²) >= 11 is 0. The molecule has 1 heterocycles. The monoisotopic (exact) mass is 373 g/mol. The average Bonchev–Trinajstić information content (AvgIpc) is 3.30. The van der Waals surface area contributed by atoms with Crippen LogP contribution in [0, 0.1) is 5.92 Å². The largest absolute Gasteiger partial charge is 0.493 e. The van der Waals surface area contributed by atoms with E-state index in [-0.39, 0.29) is 23.3 Å². The first kappa shape index (κ1) is 19.7. The van der Waals surface area contributed by atoms with E-state index < -0.39 is 0 Å². The minimum Gasteiger partial charge on any atom is -0.493 e. The van der Waals surface area contributed by atoms with Gasteiger partial charge >= 0.3 is 0 Å². The van der Waals surface area contributed by atoms with Gasteiger partial charge in [0.1, 0.15) is 5.75 Å². The van der Waals surface area contributed by atoms with E-state index in [1.54, 1.807) is 6.07 Å². The third-order valence-electron chi connectivity index (χ3n) is 5.73. The van der Waals surface area contributed by atoms with Crippen LogP contribution in [-0.2, 0) is 4.79 Å². The molecule has 148 valence electrons. The molecule has 1 saturated heterocycles. The zero-order chi connectivity index (χ0) is 19.3.